The van der Waals surface area contributed by atoms with Gasteiger partial charge in [-0.15, -0.1) is 11.3 Å². The van der Waals surface area contributed by atoms with E-state index in [9.17, 15) is 0 Å². The Hall–Kier alpha value is -0.940. The van der Waals surface area contributed by atoms with Crippen LogP contribution in [0.3, 0.4) is 0 Å². The third kappa shape index (κ3) is 2.66. The topological polar surface area (TPSA) is 29.0 Å². The summed E-state index contributed by atoms with van der Waals surface area (Å²) in [5, 5.41) is 0. The highest BCUT2D eigenvalue weighted by Gasteiger charge is 2.11. The van der Waals surface area contributed by atoms with Crippen LogP contribution in [0.4, 0.5) is 5.82 Å². The van der Waals surface area contributed by atoms with Gasteiger partial charge in [-0.05, 0) is 41.4 Å². The fourth-order valence-corrected chi connectivity index (χ4v) is 2.93. The van der Waals surface area contributed by atoms with Crippen molar-refractivity contribution in [3.05, 3.63) is 38.4 Å². The summed E-state index contributed by atoms with van der Waals surface area (Å²) in [6.45, 7) is 4.95. The fraction of sp³-hybridized carbons (Fsp3) is 0.333. The smallest absolute Gasteiger partial charge is 0.143 e. The van der Waals surface area contributed by atoms with E-state index in [0.29, 0.717) is 0 Å². The van der Waals surface area contributed by atoms with Crippen LogP contribution in [0.15, 0.2) is 22.2 Å². The molecule has 0 saturated heterocycles. The molecule has 0 aliphatic carbocycles. The van der Waals surface area contributed by atoms with Crippen LogP contribution in [0.25, 0.3) is 0 Å². The van der Waals surface area contributed by atoms with Crippen LogP contribution in [0, 0.1) is 13.8 Å². The van der Waals surface area contributed by atoms with Gasteiger partial charge < -0.3 is 4.90 Å². The maximum absolute atomic E-state index is 4.41. The molecule has 0 spiro atoms. The number of rotatable bonds is 3. The molecule has 0 aromatic carbocycles. The van der Waals surface area contributed by atoms with Crippen LogP contribution < -0.4 is 4.90 Å². The van der Waals surface area contributed by atoms with Crippen LogP contribution >= 0.6 is 27.3 Å². The number of pyridine rings is 1. The van der Waals surface area contributed by atoms with Gasteiger partial charge in [0.25, 0.3) is 0 Å². The molecule has 0 atom stereocenters. The number of hydrogen-bond donors (Lipinski definition) is 0. The van der Waals surface area contributed by atoms with E-state index in [1.54, 1.807) is 11.3 Å². The lowest BCUT2D eigenvalue weighted by Gasteiger charge is -2.19. The van der Waals surface area contributed by atoms with E-state index in [2.05, 4.69) is 37.7 Å². The summed E-state index contributed by atoms with van der Waals surface area (Å²) >= 11 is 5.27. The van der Waals surface area contributed by atoms with Gasteiger partial charge in [-0.25, -0.2) is 9.97 Å². The summed E-state index contributed by atoms with van der Waals surface area (Å²) in [7, 11) is 2.05. The SMILES string of the molecule is Cc1ccnc(N(C)Cc2scnc2C)c1Br. The number of halogens is 1. The average Bonchev–Trinajstić information content (AvgIpc) is 2.68. The molecular formula is C12H14BrN3S. The van der Waals surface area contributed by atoms with Crippen molar-refractivity contribution in [1.29, 1.82) is 0 Å². The molecule has 0 unspecified atom stereocenters. The van der Waals surface area contributed by atoms with E-state index in [4.69, 9.17) is 0 Å². The van der Waals surface area contributed by atoms with E-state index in [0.717, 1.165) is 22.5 Å². The van der Waals surface area contributed by atoms with Crippen LogP contribution in [-0.2, 0) is 6.54 Å². The van der Waals surface area contributed by atoms with Crippen molar-refractivity contribution in [1.82, 2.24) is 9.97 Å². The standard InChI is InChI=1S/C12H14BrN3S/c1-8-4-5-14-12(11(8)13)16(3)6-10-9(2)15-7-17-10/h4-5,7H,6H2,1-3H3. The highest BCUT2D eigenvalue weighted by atomic mass is 79.9. The molecule has 2 rings (SSSR count). The van der Waals surface area contributed by atoms with Crippen LogP contribution in [0.2, 0.25) is 0 Å². The van der Waals surface area contributed by atoms with Crippen LogP contribution in [-0.4, -0.2) is 17.0 Å². The van der Waals surface area contributed by atoms with Crippen molar-refractivity contribution in [3.8, 4) is 0 Å². The second-order valence-electron chi connectivity index (χ2n) is 3.98. The van der Waals surface area contributed by atoms with Crippen molar-refractivity contribution in [3.63, 3.8) is 0 Å². The molecule has 0 aliphatic heterocycles. The zero-order chi connectivity index (χ0) is 12.4. The molecule has 2 heterocycles. The van der Waals surface area contributed by atoms with E-state index in [1.807, 2.05) is 31.7 Å². The quantitative estimate of drug-likeness (QED) is 0.868. The summed E-state index contributed by atoms with van der Waals surface area (Å²) in [5.74, 6) is 0.970. The highest BCUT2D eigenvalue weighted by molar-refractivity contribution is 9.10. The molecule has 0 N–H and O–H groups in total. The third-order valence-electron chi connectivity index (χ3n) is 2.65. The monoisotopic (exact) mass is 311 g/mol. The van der Waals surface area contributed by atoms with Gasteiger partial charge in [0, 0.05) is 18.1 Å². The molecule has 3 nitrogen and oxygen atoms in total. The van der Waals surface area contributed by atoms with Gasteiger partial charge in [-0.3, -0.25) is 0 Å². The number of nitrogens with zero attached hydrogens (tertiary/aromatic N) is 3. The zero-order valence-electron chi connectivity index (χ0n) is 10.1. The van der Waals surface area contributed by atoms with Gasteiger partial charge in [0.15, 0.2) is 0 Å². The third-order valence-corrected chi connectivity index (χ3v) is 4.55. The lowest BCUT2D eigenvalue weighted by molar-refractivity contribution is 0.895. The van der Waals surface area contributed by atoms with Crippen molar-refractivity contribution in [2.75, 3.05) is 11.9 Å². The minimum Gasteiger partial charge on any atom is -0.354 e. The van der Waals surface area contributed by atoms with Gasteiger partial charge in [0.2, 0.25) is 0 Å². The molecule has 2 aromatic rings. The van der Waals surface area contributed by atoms with Crippen molar-refractivity contribution < 1.29 is 0 Å². The van der Waals surface area contributed by atoms with Gasteiger partial charge in [-0.1, -0.05) is 0 Å². The van der Waals surface area contributed by atoms with E-state index >= 15 is 0 Å². The molecule has 5 heteroatoms. The Balaban J connectivity index is 2.23. The van der Waals surface area contributed by atoms with E-state index in [-0.39, 0.29) is 0 Å². The zero-order valence-corrected chi connectivity index (χ0v) is 12.5. The van der Waals surface area contributed by atoms with Crippen LogP contribution in [0.5, 0.6) is 0 Å². The first-order valence-corrected chi connectivity index (χ1v) is 6.98. The summed E-state index contributed by atoms with van der Waals surface area (Å²) < 4.78 is 1.06. The number of hydrogen-bond acceptors (Lipinski definition) is 4. The minimum absolute atomic E-state index is 0.839. The Morgan fingerprint density at radius 1 is 1.35 bits per heavy atom. The number of aryl methyl sites for hydroxylation is 2. The maximum Gasteiger partial charge on any atom is 0.143 e. The predicted octanol–water partition coefficient (Wildman–Crippen LogP) is 3.55. The molecule has 90 valence electrons. The van der Waals surface area contributed by atoms with Crippen molar-refractivity contribution >= 4 is 33.1 Å². The summed E-state index contributed by atoms with van der Waals surface area (Å²) in [6.07, 6.45) is 1.84. The molecular weight excluding hydrogens is 298 g/mol. The molecule has 0 amide bonds. The van der Waals surface area contributed by atoms with Crippen molar-refractivity contribution in [2.45, 2.75) is 20.4 Å². The predicted molar refractivity (Wildman–Crippen MR) is 75.6 cm³/mol. The van der Waals surface area contributed by atoms with Crippen LogP contribution in [0.1, 0.15) is 16.1 Å². The van der Waals surface area contributed by atoms with Gasteiger partial charge >= 0.3 is 0 Å². The molecule has 0 aliphatic rings. The first-order valence-electron chi connectivity index (χ1n) is 5.31. The van der Waals surface area contributed by atoms with E-state index in [1.165, 1.54) is 10.4 Å². The average molecular weight is 312 g/mol. The first-order chi connectivity index (χ1) is 8.09. The lowest BCUT2D eigenvalue weighted by atomic mass is 10.3. The molecule has 0 bridgehead atoms. The summed E-state index contributed by atoms with van der Waals surface area (Å²) in [5.41, 5.74) is 4.19. The van der Waals surface area contributed by atoms with Gasteiger partial charge in [-0.2, -0.15) is 0 Å². The van der Waals surface area contributed by atoms with Gasteiger partial charge in [0.1, 0.15) is 5.82 Å². The second-order valence-corrected chi connectivity index (χ2v) is 5.71. The molecule has 0 saturated carbocycles. The number of thiazole rings is 1. The molecule has 17 heavy (non-hydrogen) atoms. The number of anilines is 1. The Bertz CT molecular complexity index is 524. The molecule has 0 fully saturated rings. The number of aromatic nitrogens is 2. The van der Waals surface area contributed by atoms with Crippen molar-refractivity contribution in [2.24, 2.45) is 0 Å². The second kappa shape index (κ2) is 5.14. The molecule has 2 aromatic heterocycles. The first kappa shape index (κ1) is 12.5. The highest BCUT2D eigenvalue weighted by Crippen LogP contribution is 2.27. The van der Waals surface area contributed by atoms with Gasteiger partial charge in [0.05, 0.1) is 22.2 Å². The fourth-order valence-electron chi connectivity index (χ4n) is 1.56. The minimum atomic E-state index is 0.839. The maximum atomic E-state index is 4.41. The Morgan fingerprint density at radius 2 is 2.12 bits per heavy atom. The lowest BCUT2D eigenvalue weighted by Crippen LogP contribution is -2.18. The van der Waals surface area contributed by atoms with E-state index < -0.39 is 0 Å². The Labute approximate surface area is 114 Å². The summed E-state index contributed by atoms with van der Waals surface area (Å²) in [6, 6.07) is 2.00. The Morgan fingerprint density at radius 3 is 2.76 bits per heavy atom. The summed E-state index contributed by atoms with van der Waals surface area (Å²) in [4.78, 5) is 12.1. The largest absolute Gasteiger partial charge is 0.354 e. The Kier molecular flexibility index (Phi) is 3.79. The normalized spacial score (nSPS) is 10.6. The molecule has 0 radical (unpaired) electrons.